The SMILES string of the molecule is CCOc1cc(/C=N/NC(=O)c2ccc(Br)cc2)ccc1OCC(=O)Nc1ccccc1C. The van der Waals surface area contributed by atoms with Crippen LogP contribution in [-0.2, 0) is 4.79 Å². The van der Waals surface area contributed by atoms with Gasteiger partial charge in [0.05, 0.1) is 12.8 Å². The maximum Gasteiger partial charge on any atom is 0.271 e. The number of carbonyl (C=O) groups is 2. The molecule has 170 valence electrons. The summed E-state index contributed by atoms with van der Waals surface area (Å²) < 4.78 is 12.2. The van der Waals surface area contributed by atoms with Crippen LogP contribution in [0, 0.1) is 6.92 Å². The molecule has 2 N–H and O–H groups in total. The highest BCUT2D eigenvalue weighted by atomic mass is 79.9. The second kappa shape index (κ2) is 11.8. The number of para-hydroxylation sites is 1. The molecule has 8 heteroatoms. The van der Waals surface area contributed by atoms with E-state index in [9.17, 15) is 9.59 Å². The minimum absolute atomic E-state index is 0.162. The largest absolute Gasteiger partial charge is 0.490 e. The topological polar surface area (TPSA) is 89.0 Å². The maximum absolute atomic E-state index is 12.3. The van der Waals surface area contributed by atoms with E-state index in [1.54, 1.807) is 42.5 Å². The molecule has 0 fully saturated rings. The number of carbonyl (C=O) groups excluding carboxylic acids is 2. The predicted octanol–water partition coefficient (Wildman–Crippen LogP) is 4.94. The number of benzene rings is 3. The minimum atomic E-state index is -0.316. The molecule has 0 saturated carbocycles. The van der Waals surface area contributed by atoms with E-state index in [1.807, 2.05) is 38.1 Å². The molecule has 0 spiro atoms. The first kappa shape index (κ1) is 24.0. The predicted molar refractivity (Wildman–Crippen MR) is 132 cm³/mol. The molecule has 0 aliphatic rings. The van der Waals surface area contributed by atoms with Gasteiger partial charge in [-0.2, -0.15) is 5.10 Å². The Morgan fingerprint density at radius 1 is 1.00 bits per heavy atom. The lowest BCUT2D eigenvalue weighted by atomic mass is 10.2. The number of rotatable bonds is 9. The number of hydrazone groups is 1. The second-order valence-electron chi connectivity index (χ2n) is 7.00. The highest BCUT2D eigenvalue weighted by Gasteiger charge is 2.10. The van der Waals surface area contributed by atoms with Gasteiger partial charge in [0.15, 0.2) is 18.1 Å². The molecule has 3 aromatic carbocycles. The van der Waals surface area contributed by atoms with E-state index in [0.717, 1.165) is 15.7 Å². The van der Waals surface area contributed by atoms with E-state index in [0.29, 0.717) is 29.2 Å². The molecule has 3 rings (SSSR count). The summed E-state index contributed by atoms with van der Waals surface area (Å²) >= 11 is 3.33. The van der Waals surface area contributed by atoms with Crippen molar-refractivity contribution in [3.05, 3.63) is 87.9 Å². The smallest absolute Gasteiger partial charge is 0.271 e. The molecule has 7 nitrogen and oxygen atoms in total. The van der Waals surface area contributed by atoms with Crippen molar-refractivity contribution in [2.45, 2.75) is 13.8 Å². The highest BCUT2D eigenvalue weighted by molar-refractivity contribution is 9.10. The van der Waals surface area contributed by atoms with Gasteiger partial charge in [0.25, 0.3) is 11.8 Å². The van der Waals surface area contributed by atoms with E-state index in [1.165, 1.54) is 6.21 Å². The van der Waals surface area contributed by atoms with Gasteiger partial charge in [-0.05, 0) is 73.5 Å². The molecular formula is C25H24BrN3O4. The highest BCUT2D eigenvalue weighted by Crippen LogP contribution is 2.28. The van der Waals surface area contributed by atoms with Crippen molar-refractivity contribution < 1.29 is 19.1 Å². The molecule has 0 heterocycles. The fourth-order valence-corrected chi connectivity index (χ4v) is 3.13. The lowest BCUT2D eigenvalue weighted by Gasteiger charge is -2.13. The van der Waals surface area contributed by atoms with Crippen LogP contribution in [0.15, 0.2) is 76.3 Å². The summed E-state index contributed by atoms with van der Waals surface area (Å²) in [7, 11) is 0. The molecular weight excluding hydrogens is 486 g/mol. The summed E-state index contributed by atoms with van der Waals surface area (Å²) in [6.45, 7) is 4.04. The standard InChI is InChI=1S/C25H24BrN3O4/c1-3-32-23-14-18(15-27-29-25(31)19-9-11-20(26)12-10-19)8-13-22(23)33-16-24(30)28-21-7-5-4-6-17(21)2/h4-15H,3,16H2,1-2H3,(H,28,30)(H,29,31)/b27-15+. The Morgan fingerprint density at radius 3 is 2.48 bits per heavy atom. The third-order valence-corrected chi connectivity index (χ3v) is 5.06. The first-order valence-corrected chi connectivity index (χ1v) is 11.1. The lowest BCUT2D eigenvalue weighted by molar-refractivity contribution is -0.118. The van der Waals surface area contributed by atoms with E-state index in [2.05, 4.69) is 31.8 Å². The van der Waals surface area contributed by atoms with Crippen LogP contribution in [0.5, 0.6) is 11.5 Å². The molecule has 0 bridgehead atoms. The maximum atomic E-state index is 12.3. The van der Waals surface area contributed by atoms with E-state index >= 15 is 0 Å². The van der Waals surface area contributed by atoms with Crippen LogP contribution in [0.25, 0.3) is 0 Å². The van der Waals surface area contributed by atoms with Crippen molar-refractivity contribution in [1.82, 2.24) is 5.43 Å². The number of ether oxygens (including phenoxy) is 2. The zero-order valence-electron chi connectivity index (χ0n) is 18.3. The van der Waals surface area contributed by atoms with Crippen LogP contribution in [0.3, 0.4) is 0 Å². The molecule has 0 saturated heterocycles. The van der Waals surface area contributed by atoms with Crippen LogP contribution in [0.1, 0.15) is 28.4 Å². The number of hydrogen-bond donors (Lipinski definition) is 2. The van der Waals surface area contributed by atoms with E-state index in [4.69, 9.17) is 9.47 Å². The summed E-state index contributed by atoms with van der Waals surface area (Å²) in [6, 6.07) is 19.7. The third kappa shape index (κ3) is 7.18. The Morgan fingerprint density at radius 2 is 1.76 bits per heavy atom. The summed E-state index contributed by atoms with van der Waals surface area (Å²) in [5.41, 5.74) is 5.40. The van der Waals surface area contributed by atoms with Gasteiger partial charge >= 0.3 is 0 Å². The van der Waals surface area contributed by atoms with E-state index in [-0.39, 0.29) is 18.4 Å². The fraction of sp³-hybridized carbons (Fsp3) is 0.160. The number of nitrogens with one attached hydrogen (secondary N) is 2. The lowest BCUT2D eigenvalue weighted by Crippen LogP contribution is -2.20. The van der Waals surface area contributed by atoms with Gasteiger partial charge in [0, 0.05) is 15.7 Å². The molecule has 0 aromatic heterocycles. The van der Waals surface area contributed by atoms with Crippen LogP contribution in [-0.4, -0.2) is 31.2 Å². The number of halogens is 1. The Bertz CT molecular complexity index is 1150. The monoisotopic (exact) mass is 509 g/mol. The number of hydrogen-bond acceptors (Lipinski definition) is 5. The Labute approximate surface area is 200 Å². The Kier molecular flexibility index (Phi) is 8.60. The van der Waals surface area contributed by atoms with Crippen molar-refractivity contribution in [2.24, 2.45) is 5.10 Å². The Balaban J connectivity index is 1.60. The number of anilines is 1. The number of amides is 2. The van der Waals surface area contributed by atoms with Crippen LogP contribution in [0.4, 0.5) is 5.69 Å². The van der Waals surface area contributed by atoms with Crippen molar-refractivity contribution in [3.63, 3.8) is 0 Å². The summed E-state index contributed by atoms with van der Waals surface area (Å²) in [5.74, 6) is 0.327. The van der Waals surface area contributed by atoms with Crippen LogP contribution in [0.2, 0.25) is 0 Å². The zero-order valence-corrected chi connectivity index (χ0v) is 19.9. The minimum Gasteiger partial charge on any atom is -0.490 e. The van der Waals surface area contributed by atoms with E-state index < -0.39 is 0 Å². The van der Waals surface area contributed by atoms with Gasteiger partial charge in [0.1, 0.15) is 0 Å². The van der Waals surface area contributed by atoms with Gasteiger partial charge in [0.2, 0.25) is 0 Å². The van der Waals surface area contributed by atoms with Gasteiger partial charge in [-0.3, -0.25) is 9.59 Å². The van der Waals surface area contributed by atoms with Gasteiger partial charge < -0.3 is 14.8 Å². The number of nitrogens with zero attached hydrogens (tertiary/aromatic N) is 1. The molecule has 3 aromatic rings. The van der Waals surface area contributed by atoms with Crippen LogP contribution < -0.4 is 20.2 Å². The molecule has 2 amide bonds. The van der Waals surface area contributed by atoms with Crippen molar-refractivity contribution >= 4 is 39.6 Å². The first-order chi connectivity index (χ1) is 16.0. The Hall–Kier alpha value is -3.65. The first-order valence-electron chi connectivity index (χ1n) is 10.3. The molecule has 0 unspecified atom stereocenters. The van der Waals surface area contributed by atoms with Gasteiger partial charge in [-0.25, -0.2) is 5.43 Å². The van der Waals surface area contributed by atoms with Crippen molar-refractivity contribution in [2.75, 3.05) is 18.5 Å². The number of aryl methyl sites for hydroxylation is 1. The third-order valence-electron chi connectivity index (χ3n) is 4.53. The molecule has 33 heavy (non-hydrogen) atoms. The average molecular weight is 510 g/mol. The average Bonchev–Trinajstić information content (AvgIpc) is 2.80. The normalized spacial score (nSPS) is 10.6. The van der Waals surface area contributed by atoms with Crippen molar-refractivity contribution in [1.29, 1.82) is 0 Å². The van der Waals surface area contributed by atoms with Crippen molar-refractivity contribution in [3.8, 4) is 11.5 Å². The summed E-state index contributed by atoms with van der Waals surface area (Å²) in [6.07, 6.45) is 1.51. The summed E-state index contributed by atoms with van der Waals surface area (Å²) in [5, 5.41) is 6.83. The zero-order chi connectivity index (χ0) is 23.6. The van der Waals surface area contributed by atoms with Crippen LogP contribution >= 0.6 is 15.9 Å². The summed E-state index contributed by atoms with van der Waals surface area (Å²) in [4.78, 5) is 24.4. The van der Waals surface area contributed by atoms with Gasteiger partial charge in [-0.15, -0.1) is 0 Å². The molecule has 0 aliphatic carbocycles. The second-order valence-corrected chi connectivity index (χ2v) is 7.91. The molecule has 0 radical (unpaired) electrons. The molecule has 0 atom stereocenters. The fourth-order valence-electron chi connectivity index (χ4n) is 2.87. The molecule has 0 aliphatic heterocycles. The van der Waals surface area contributed by atoms with Gasteiger partial charge in [-0.1, -0.05) is 34.1 Å². The quantitative estimate of drug-likeness (QED) is 0.316.